The summed E-state index contributed by atoms with van der Waals surface area (Å²) in [6.07, 6.45) is 7.80. The number of nitro benzene ring substituents is 1. The minimum atomic E-state index is -0.351. The number of fused-ring (bicyclic) bond motifs is 1. The highest BCUT2D eigenvalue weighted by Gasteiger charge is 2.31. The third-order valence-corrected chi connectivity index (χ3v) is 5.31. The first-order valence-electron chi connectivity index (χ1n) is 9.09. The Hall–Kier alpha value is -2.17. The molecule has 0 radical (unpaired) electrons. The van der Waals surface area contributed by atoms with Crippen LogP contribution < -0.4 is 5.32 Å². The molecular weight excluding hydrogens is 316 g/mol. The summed E-state index contributed by atoms with van der Waals surface area (Å²) < 4.78 is 0. The second kappa shape index (κ2) is 6.62. The molecule has 5 heteroatoms. The lowest BCUT2D eigenvalue weighted by Crippen LogP contribution is -2.44. The van der Waals surface area contributed by atoms with E-state index in [1.54, 1.807) is 19.1 Å². The summed E-state index contributed by atoms with van der Waals surface area (Å²) in [7, 11) is 0. The van der Waals surface area contributed by atoms with Gasteiger partial charge in [-0.05, 0) is 51.7 Å². The maximum atomic E-state index is 12.7. The highest BCUT2D eigenvalue weighted by Crippen LogP contribution is 2.35. The zero-order valence-electron chi connectivity index (χ0n) is 15.2. The van der Waals surface area contributed by atoms with Gasteiger partial charge in [0.15, 0.2) is 5.78 Å². The van der Waals surface area contributed by atoms with E-state index >= 15 is 0 Å². The van der Waals surface area contributed by atoms with Gasteiger partial charge in [-0.25, -0.2) is 0 Å². The zero-order chi connectivity index (χ0) is 18.2. The standard InChI is InChI=1S/C20H26N2O3/c1-13-9-15-12-20(2,3)21-17(16(15)10-18(13)22(24)25)11-19(23)14-7-5-4-6-8-14/h9-11,14,21H,4-8,12H2,1-3H3/b17-11-. The minimum absolute atomic E-state index is 0.0944. The van der Waals surface area contributed by atoms with Crippen molar-refractivity contribution in [2.75, 3.05) is 0 Å². The molecule has 25 heavy (non-hydrogen) atoms. The van der Waals surface area contributed by atoms with Gasteiger partial charge in [0, 0.05) is 40.4 Å². The van der Waals surface area contributed by atoms with E-state index in [-0.39, 0.29) is 27.9 Å². The van der Waals surface area contributed by atoms with Gasteiger partial charge in [0.05, 0.1) is 4.92 Å². The molecule has 2 aliphatic rings. The third-order valence-electron chi connectivity index (χ3n) is 5.31. The summed E-state index contributed by atoms with van der Waals surface area (Å²) in [6.45, 7) is 5.95. The first kappa shape index (κ1) is 17.6. The summed E-state index contributed by atoms with van der Waals surface area (Å²) in [5.41, 5.74) is 3.17. The Kier molecular flexibility index (Phi) is 4.67. The van der Waals surface area contributed by atoms with Gasteiger partial charge < -0.3 is 5.32 Å². The van der Waals surface area contributed by atoms with Gasteiger partial charge in [0.2, 0.25) is 0 Å². The van der Waals surface area contributed by atoms with E-state index in [9.17, 15) is 14.9 Å². The molecule has 0 amide bonds. The number of rotatable bonds is 3. The SMILES string of the molecule is Cc1cc2c(cc1[N+](=O)[O-])/C(=C/C(=O)C1CCCCC1)NC(C)(C)C2. The van der Waals surface area contributed by atoms with Crippen molar-refractivity contribution in [3.8, 4) is 0 Å². The Bertz CT molecular complexity index is 744. The Morgan fingerprint density at radius 3 is 2.60 bits per heavy atom. The molecule has 1 aliphatic heterocycles. The van der Waals surface area contributed by atoms with Crippen molar-refractivity contribution in [3.05, 3.63) is 45.0 Å². The molecule has 1 aromatic carbocycles. The van der Waals surface area contributed by atoms with E-state index in [1.165, 1.54) is 6.42 Å². The van der Waals surface area contributed by atoms with Gasteiger partial charge >= 0.3 is 0 Å². The summed E-state index contributed by atoms with van der Waals surface area (Å²) in [5.74, 6) is 0.242. The van der Waals surface area contributed by atoms with Crippen molar-refractivity contribution in [3.63, 3.8) is 0 Å². The molecule has 0 saturated heterocycles. The molecule has 1 N–H and O–H groups in total. The molecule has 0 spiro atoms. The Morgan fingerprint density at radius 2 is 1.96 bits per heavy atom. The molecule has 0 bridgehead atoms. The molecular formula is C20H26N2O3. The molecule has 1 fully saturated rings. The Labute approximate surface area is 148 Å². The number of carbonyl (C=O) groups excluding carboxylic acids is 1. The Balaban J connectivity index is 2.02. The number of benzene rings is 1. The van der Waals surface area contributed by atoms with Crippen LogP contribution in [0.4, 0.5) is 5.69 Å². The average molecular weight is 342 g/mol. The number of carbonyl (C=O) groups is 1. The molecule has 1 aromatic rings. The number of hydrogen-bond acceptors (Lipinski definition) is 4. The number of aryl methyl sites for hydroxylation is 1. The highest BCUT2D eigenvalue weighted by molar-refractivity contribution is 5.98. The van der Waals surface area contributed by atoms with Crippen molar-refractivity contribution in [1.29, 1.82) is 0 Å². The lowest BCUT2D eigenvalue weighted by atomic mass is 9.82. The van der Waals surface area contributed by atoms with Gasteiger partial charge in [-0.1, -0.05) is 19.3 Å². The van der Waals surface area contributed by atoms with Crippen LogP contribution >= 0.6 is 0 Å². The van der Waals surface area contributed by atoms with E-state index in [0.717, 1.165) is 48.9 Å². The lowest BCUT2D eigenvalue weighted by molar-refractivity contribution is -0.385. The molecule has 3 rings (SSSR count). The maximum Gasteiger partial charge on any atom is 0.272 e. The predicted molar refractivity (Wildman–Crippen MR) is 98.3 cm³/mol. The normalized spacial score (nSPS) is 21.5. The monoisotopic (exact) mass is 342 g/mol. The van der Waals surface area contributed by atoms with Crippen molar-refractivity contribution < 1.29 is 9.72 Å². The second-order valence-corrected chi connectivity index (χ2v) is 8.03. The van der Waals surface area contributed by atoms with E-state index in [1.807, 2.05) is 6.07 Å². The number of allylic oxidation sites excluding steroid dienone is 1. The number of hydrogen-bond donors (Lipinski definition) is 1. The highest BCUT2D eigenvalue weighted by atomic mass is 16.6. The quantitative estimate of drug-likeness (QED) is 0.504. The van der Waals surface area contributed by atoms with Crippen LogP contribution in [0.25, 0.3) is 5.70 Å². The maximum absolute atomic E-state index is 12.7. The molecule has 0 unspecified atom stereocenters. The number of ketones is 1. The predicted octanol–water partition coefficient (Wildman–Crippen LogP) is 4.32. The Morgan fingerprint density at radius 1 is 1.28 bits per heavy atom. The van der Waals surface area contributed by atoms with Crippen molar-refractivity contribution >= 4 is 17.2 Å². The zero-order valence-corrected chi connectivity index (χ0v) is 15.2. The molecule has 0 atom stereocenters. The van der Waals surface area contributed by atoms with Crippen LogP contribution in [-0.2, 0) is 11.2 Å². The van der Waals surface area contributed by atoms with Crippen LogP contribution in [0.2, 0.25) is 0 Å². The van der Waals surface area contributed by atoms with Gasteiger partial charge in [-0.3, -0.25) is 14.9 Å². The van der Waals surface area contributed by atoms with Crippen molar-refractivity contribution in [2.45, 2.75) is 64.8 Å². The molecule has 0 aromatic heterocycles. The fourth-order valence-corrected chi connectivity index (χ4v) is 4.06. The molecule has 1 aliphatic carbocycles. The summed E-state index contributed by atoms with van der Waals surface area (Å²) in [5, 5.41) is 14.7. The molecule has 1 saturated carbocycles. The van der Waals surface area contributed by atoms with Crippen LogP contribution in [0.5, 0.6) is 0 Å². The molecule has 5 nitrogen and oxygen atoms in total. The fourth-order valence-electron chi connectivity index (χ4n) is 4.06. The van der Waals surface area contributed by atoms with E-state index in [2.05, 4.69) is 19.2 Å². The van der Waals surface area contributed by atoms with Gasteiger partial charge in [-0.15, -0.1) is 0 Å². The van der Waals surface area contributed by atoms with Crippen molar-refractivity contribution in [1.82, 2.24) is 5.32 Å². The van der Waals surface area contributed by atoms with Crippen LogP contribution in [0.3, 0.4) is 0 Å². The van der Waals surface area contributed by atoms with Crippen LogP contribution in [0.15, 0.2) is 18.2 Å². The number of nitrogens with one attached hydrogen (secondary N) is 1. The number of nitrogens with zero attached hydrogens (tertiary/aromatic N) is 1. The first-order chi connectivity index (χ1) is 11.8. The van der Waals surface area contributed by atoms with Crippen LogP contribution in [0.1, 0.15) is 62.6 Å². The van der Waals surface area contributed by atoms with E-state index in [4.69, 9.17) is 0 Å². The molecule has 134 valence electrons. The van der Waals surface area contributed by atoms with Gasteiger partial charge in [0.1, 0.15) is 0 Å². The number of nitro groups is 1. The van der Waals surface area contributed by atoms with E-state index < -0.39 is 0 Å². The lowest BCUT2D eigenvalue weighted by Gasteiger charge is -2.36. The second-order valence-electron chi connectivity index (χ2n) is 8.03. The molecule has 1 heterocycles. The van der Waals surface area contributed by atoms with Crippen molar-refractivity contribution in [2.24, 2.45) is 5.92 Å². The summed E-state index contributed by atoms with van der Waals surface area (Å²) >= 11 is 0. The smallest absolute Gasteiger partial charge is 0.272 e. The summed E-state index contributed by atoms with van der Waals surface area (Å²) in [4.78, 5) is 23.7. The summed E-state index contributed by atoms with van der Waals surface area (Å²) in [6, 6.07) is 3.52. The van der Waals surface area contributed by atoms with Crippen LogP contribution in [-0.4, -0.2) is 16.2 Å². The van der Waals surface area contributed by atoms with Gasteiger partial charge in [-0.2, -0.15) is 0 Å². The van der Waals surface area contributed by atoms with Crippen LogP contribution in [0, 0.1) is 23.0 Å². The topological polar surface area (TPSA) is 72.2 Å². The fraction of sp³-hybridized carbons (Fsp3) is 0.550. The minimum Gasteiger partial charge on any atom is -0.379 e. The van der Waals surface area contributed by atoms with E-state index in [0.29, 0.717) is 5.56 Å². The van der Waals surface area contributed by atoms with Gasteiger partial charge in [0.25, 0.3) is 5.69 Å². The third kappa shape index (κ3) is 3.75. The average Bonchev–Trinajstić information content (AvgIpc) is 2.53. The first-order valence-corrected chi connectivity index (χ1v) is 9.09. The largest absolute Gasteiger partial charge is 0.379 e.